The number of halogens is 2. The van der Waals surface area contributed by atoms with Gasteiger partial charge in [0, 0.05) is 9.86 Å². The molecular weight excluding hydrogens is 343 g/mol. The first-order chi connectivity index (χ1) is 9.95. The maximum absolute atomic E-state index is 13.8. The maximum atomic E-state index is 13.8. The first kappa shape index (κ1) is 14.1. The van der Waals surface area contributed by atoms with Crippen LogP contribution in [0.3, 0.4) is 0 Å². The van der Waals surface area contributed by atoms with Gasteiger partial charge in [0.1, 0.15) is 17.6 Å². The number of hydrogen-bond donors (Lipinski definition) is 3. The third-order valence-electron chi connectivity index (χ3n) is 3.54. The molecule has 2 aromatic rings. The summed E-state index contributed by atoms with van der Waals surface area (Å²) in [5.74, 6) is -2.05. The van der Waals surface area contributed by atoms with E-state index in [9.17, 15) is 14.0 Å². The van der Waals surface area contributed by atoms with Crippen LogP contribution in [-0.2, 0) is 4.79 Å². The largest absolute Gasteiger partial charge is 0.480 e. The van der Waals surface area contributed by atoms with Crippen LogP contribution in [0.5, 0.6) is 0 Å². The highest BCUT2D eigenvalue weighted by molar-refractivity contribution is 9.10. The van der Waals surface area contributed by atoms with Gasteiger partial charge in [-0.2, -0.15) is 0 Å². The van der Waals surface area contributed by atoms with Crippen molar-refractivity contribution in [2.24, 2.45) is 5.92 Å². The topological polar surface area (TPSA) is 82.2 Å². The van der Waals surface area contributed by atoms with Crippen molar-refractivity contribution in [3.05, 3.63) is 34.2 Å². The molecule has 0 bridgehead atoms. The van der Waals surface area contributed by atoms with Crippen LogP contribution < -0.4 is 5.32 Å². The minimum atomic E-state index is -1.05. The van der Waals surface area contributed by atoms with Crippen LogP contribution in [0.15, 0.2) is 22.7 Å². The summed E-state index contributed by atoms with van der Waals surface area (Å²) in [5, 5.41) is 11.9. The zero-order valence-electron chi connectivity index (χ0n) is 10.8. The van der Waals surface area contributed by atoms with Crippen molar-refractivity contribution in [1.29, 1.82) is 0 Å². The van der Waals surface area contributed by atoms with E-state index in [-0.39, 0.29) is 11.6 Å². The SMILES string of the molecule is O=C(NC(C(=O)O)C1CC1)c1cc2c(F)cc(Br)cc2[nH]1. The van der Waals surface area contributed by atoms with Gasteiger partial charge in [0.05, 0.1) is 5.52 Å². The molecule has 0 radical (unpaired) electrons. The lowest BCUT2D eigenvalue weighted by molar-refractivity contribution is -0.139. The smallest absolute Gasteiger partial charge is 0.326 e. The lowest BCUT2D eigenvalue weighted by atomic mass is 10.2. The van der Waals surface area contributed by atoms with Gasteiger partial charge in [-0.25, -0.2) is 9.18 Å². The van der Waals surface area contributed by atoms with E-state index in [1.54, 1.807) is 6.07 Å². The summed E-state index contributed by atoms with van der Waals surface area (Å²) in [7, 11) is 0. The van der Waals surface area contributed by atoms with Crippen molar-refractivity contribution in [2.75, 3.05) is 0 Å². The minimum Gasteiger partial charge on any atom is -0.480 e. The molecule has 1 amide bonds. The van der Waals surface area contributed by atoms with Crippen LogP contribution in [0.2, 0.25) is 0 Å². The Morgan fingerprint density at radius 3 is 2.71 bits per heavy atom. The predicted octanol–water partition coefficient (Wildman–Crippen LogP) is 2.66. The van der Waals surface area contributed by atoms with Crippen LogP contribution in [0, 0.1) is 11.7 Å². The van der Waals surface area contributed by atoms with Crippen LogP contribution in [0.4, 0.5) is 4.39 Å². The summed E-state index contributed by atoms with van der Waals surface area (Å²) in [6.07, 6.45) is 1.59. The van der Waals surface area contributed by atoms with Gasteiger partial charge < -0.3 is 15.4 Å². The molecule has 1 saturated carbocycles. The molecule has 1 fully saturated rings. The molecule has 3 rings (SSSR count). The highest BCUT2D eigenvalue weighted by atomic mass is 79.9. The van der Waals surface area contributed by atoms with Crippen molar-refractivity contribution in [3.63, 3.8) is 0 Å². The third-order valence-corrected chi connectivity index (χ3v) is 4.00. The minimum absolute atomic E-state index is 0.0123. The maximum Gasteiger partial charge on any atom is 0.326 e. The average Bonchev–Trinajstić information content (AvgIpc) is 3.14. The molecule has 1 aromatic carbocycles. The van der Waals surface area contributed by atoms with E-state index in [0.717, 1.165) is 12.8 Å². The number of amides is 1. The van der Waals surface area contributed by atoms with Crippen molar-refractivity contribution in [1.82, 2.24) is 10.3 Å². The lowest BCUT2D eigenvalue weighted by Gasteiger charge is -2.12. The lowest BCUT2D eigenvalue weighted by Crippen LogP contribution is -2.42. The van der Waals surface area contributed by atoms with Crippen LogP contribution in [0.25, 0.3) is 10.9 Å². The molecule has 1 aromatic heterocycles. The zero-order chi connectivity index (χ0) is 15.1. The molecule has 5 nitrogen and oxygen atoms in total. The van der Waals surface area contributed by atoms with E-state index in [0.29, 0.717) is 15.4 Å². The summed E-state index contributed by atoms with van der Waals surface area (Å²) in [6.45, 7) is 0. The van der Waals surface area contributed by atoms with Crippen LogP contribution in [0.1, 0.15) is 23.3 Å². The number of fused-ring (bicyclic) bond motifs is 1. The number of hydrogen-bond acceptors (Lipinski definition) is 2. The van der Waals surface area contributed by atoms with Crippen molar-refractivity contribution in [3.8, 4) is 0 Å². The number of carbonyl (C=O) groups excluding carboxylic acids is 1. The van der Waals surface area contributed by atoms with Crippen molar-refractivity contribution < 1.29 is 19.1 Å². The summed E-state index contributed by atoms with van der Waals surface area (Å²) < 4.78 is 14.3. The van der Waals surface area contributed by atoms with Gasteiger partial charge in [-0.3, -0.25) is 4.79 Å². The molecule has 1 heterocycles. The molecule has 110 valence electrons. The van der Waals surface area contributed by atoms with Crippen LogP contribution in [-0.4, -0.2) is 28.0 Å². The number of benzene rings is 1. The number of carboxylic acid groups (broad SMARTS) is 1. The Morgan fingerprint density at radius 2 is 2.10 bits per heavy atom. The van der Waals surface area contributed by atoms with E-state index in [1.807, 2.05) is 0 Å². The molecular formula is C14H12BrFN2O3. The Balaban J connectivity index is 1.87. The monoisotopic (exact) mass is 354 g/mol. The van der Waals surface area contributed by atoms with E-state index >= 15 is 0 Å². The number of aliphatic carboxylic acids is 1. The Labute approximate surface area is 127 Å². The third kappa shape index (κ3) is 2.78. The molecule has 0 spiro atoms. The summed E-state index contributed by atoms with van der Waals surface area (Å²) in [4.78, 5) is 26.1. The highest BCUT2D eigenvalue weighted by Crippen LogP contribution is 2.33. The second-order valence-corrected chi connectivity index (χ2v) is 6.07. The average molecular weight is 355 g/mol. The number of H-pyrrole nitrogens is 1. The Bertz CT molecular complexity index is 739. The van der Waals surface area contributed by atoms with Gasteiger partial charge in [0.15, 0.2) is 0 Å². The van der Waals surface area contributed by atoms with Gasteiger partial charge in [0.25, 0.3) is 5.91 Å². The second-order valence-electron chi connectivity index (χ2n) is 5.16. The molecule has 1 atom stereocenters. The van der Waals surface area contributed by atoms with Gasteiger partial charge in [-0.05, 0) is 37.0 Å². The van der Waals surface area contributed by atoms with Crippen molar-refractivity contribution in [2.45, 2.75) is 18.9 Å². The first-order valence-electron chi connectivity index (χ1n) is 6.47. The molecule has 21 heavy (non-hydrogen) atoms. The fraction of sp³-hybridized carbons (Fsp3) is 0.286. The number of carboxylic acids is 1. The number of nitrogens with one attached hydrogen (secondary N) is 2. The summed E-state index contributed by atoms with van der Waals surface area (Å²) >= 11 is 3.18. The molecule has 0 saturated heterocycles. The van der Waals surface area contributed by atoms with E-state index < -0.39 is 23.7 Å². The standard InChI is InChI=1S/C14H12BrFN2O3/c15-7-3-9(16)8-5-11(17-10(8)4-7)13(19)18-12(14(20)21)6-1-2-6/h3-6,12,17H,1-2H2,(H,18,19)(H,20,21). The molecule has 1 unspecified atom stereocenters. The zero-order valence-corrected chi connectivity index (χ0v) is 12.4. The van der Waals surface area contributed by atoms with Gasteiger partial charge in [0.2, 0.25) is 0 Å². The molecule has 3 N–H and O–H groups in total. The molecule has 7 heteroatoms. The quantitative estimate of drug-likeness (QED) is 0.789. The summed E-state index contributed by atoms with van der Waals surface area (Å²) in [5.41, 5.74) is 0.624. The first-order valence-corrected chi connectivity index (χ1v) is 7.26. The fourth-order valence-corrected chi connectivity index (χ4v) is 2.74. The number of aromatic amines is 1. The number of aromatic nitrogens is 1. The van der Waals surface area contributed by atoms with Gasteiger partial charge in [-0.15, -0.1) is 0 Å². The predicted molar refractivity (Wildman–Crippen MR) is 77.6 cm³/mol. The molecule has 1 aliphatic carbocycles. The fourth-order valence-electron chi connectivity index (χ4n) is 2.31. The Morgan fingerprint density at radius 1 is 1.38 bits per heavy atom. The number of rotatable bonds is 4. The van der Waals surface area contributed by atoms with E-state index in [2.05, 4.69) is 26.2 Å². The highest BCUT2D eigenvalue weighted by Gasteiger charge is 2.37. The Kier molecular flexibility index (Phi) is 3.44. The molecule has 1 aliphatic rings. The Hall–Kier alpha value is -1.89. The number of carbonyl (C=O) groups is 2. The van der Waals surface area contributed by atoms with E-state index in [4.69, 9.17) is 5.11 Å². The van der Waals surface area contributed by atoms with Crippen LogP contribution >= 0.6 is 15.9 Å². The van der Waals surface area contributed by atoms with Gasteiger partial charge >= 0.3 is 5.97 Å². The molecule has 0 aliphatic heterocycles. The summed E-state index contributed by atoms with van der Waals surface area (Å²) in [6, 6.07) is 3.46. The second kappa shape index (κ2) is 5.14. The van der Waals surface area contributed by atoms with Gasteiger partial charge in [-0.1, -0.05) is 15.9 Å². The van der Waals surface area contributed by atoms with E-state index in [1.165, 1.54) is 12.1 Å². The van der Waals surface area contributed by atoms with Crippen molar-refractivity contribution >= 4 is 38.7 Å². The normalized spacial score (nSPS) is 15.9.